The molecule has 26 heavy (non-hydrogen) atoms. The molecule has 0 bridgehead atoms. The van der Waals surface area contributed by atoms with E-state index < -0.39 is 24.3 Å². The first kappa shape index (κ1) is 20.0. The molecule has 142 valence electrons. The van der Waals surface area contributed by atoms with Crippen LogP contribution in [0.5, 0.6) is 0 Å². The van der Waals surface area contributed by atoms with Crippen molar-refractivity contribution in [2.45, 2.75) is 32.7 Å². The molecule has 1 aromatic rings. The molecule has 0 spiro atoms. The molecule has 1 unspecified atom stereocenters. The lowest BCUT2D eigenvalue weighted by Gasteiger charge is -2.22. The number of ether oxygens (including phenoxy) is 1. The number of alkyl halides is 2. The van der Waals surface area contributed by atoms with Gasteiger partial charge in [-0.1, -0.05) is 6.07 Å². The summed E-state index contributed by atoms with van der Waals surface area (Å²) in [6.07, 6.45) is -2.26. The molecule has 1 fully saturated rings. The molecule has 0 radical (unpaired) electrons. The molecule has 1 atom stereocenters. The first-order chi connectivity index (χ1) is 12.3. The smallest absolute Gasteiger partial charge is 0.354 e. The highest BCUT2D eigenvalue weighted by Gasteiger charge is 2.23. The summed E-state index contributed by atoms with van der Waals surface area (Å²) in [6.45, 7) is 4.39. The fourth-order valence-corrected chi connectivity index (χ4v) is 2.81. The predicted octanol–water partition coefficient (Wildman–Crippen LogP) is 3.03. The molecule has 1 heterocycles. The van der Waals surface area contributed by atoms with E-state index in [4.69, 9.17) is 10.5 Å². The zero-order valence-electron chi connectivity index (χ0n) is 14.7. The van der Waals surface area contributed by atoms with E-state index in [9.17, 15) is 18.0 Å². The minimum atomic E-state index is -2.74. The highest BCUT2D eigenvalue weighted by atomic mass is 19.3. The third-order valence-electron chi connectivity index (χ3n) is 4.09. The summed E-state index contributed by atoms with van der Waals surface area (Å²) in [5.41, 5.74) is 6.70. The molecule has 1 saturated heterocycles. The fourth-order valence-electron chi connectivity index (χ4n) is 2.81. The number of halogens is 3. The van der Waals surface area contributed by atoms with Crippen molar-refractivity contribution in [1.82, 2.24) is 5.32 Å². The number of piperidine rings is 1. The van der Waals surface area contributed by atoms with Gasteiger partial charge in [-0.15, -0.1) is 0 Å². The summed E-state index contributed by atoms with van der Waals surface area (Å²) in [5, 5.41) is 3.09. The summed E-state index contributed by atoms with van der Waals surface area (Å²) >= 11 is 0. The zero-order valence-corrected chi connectivity index (χ0v) is 14.7. The van der Waals surface area contributed by atoms with Gasteiger partial charge in [0.15, 0.2) is 0 Å². The van der Waals surface area contributed by atoms with Crippen molar-refractivity contribution in [2.24, 2.45) is 10.7 Å². The number of nitrogens with two attached hydrogens (primary N) is 1. The highest BCUT2D eigenvalue weighted by Crippen LogP contribution is 2.30. The summed E-state index contributed by atoms with van der Waals surface area (Å²) in [6, 6.07) is 2.42. The van der Waals surface area contributed by atoms with Gasteiger partial charge in [-0.3, -0.25) is 4.99 Å². The lowest BCUT2D eigenvalue weighted by molar-refractivity contribution is -0.138. The summed E-state index contributed by atoms with van der Waals surface area (Å²) in [4.78, 5) is 16.4. The molecule has 0 amide bonds. The normalized spacial score (nSPS) is 19.5. The SMILES string of the molecule is CCOC(=O)C(N)=C1CNCCC1=NC(C)c1cc(F)ccc1C(F)F. The zero-order chi connectivity index (χ0) is 19.3. The molecule has 1 aliphatic heterocycles. The van der Waals surface area contributed by atoms with E-state index in [2.05, 4.69) is 10.3 Å². The Morgan fingerprint density at radius 3 is 2.77 bits per heavy atom. The van der Waals surface area contributed by atoms with E-state index in [1.54, 1.807) is 13.8 Å². The van der Waals surface area contributed by atoms with Gasteiger partial charge in [0, 0.05) is 36.4 Å². The van der Waals surface area contributed by atoms with E-state index in [1.165, 1.54) is 0 Å². The van der Waals surface area contributed by atoms with E-state index in [-0.39, 0.29) is 23.4 Å². The minimum Gasteiger partial charge on any atom is -0.461 e. The standard InChI is InChI=1S/C18H22F3N3O2/c1-3-26-18(25)16(22)14-9-23-7-6-15(14)24-10(2)13-8-11(19)4-5-12(13)17(20)21/h4-5,8,10,17,23H,3,6-7,9,22H2,1-2H3. The summed E-state index contributed by atoms with van der Waals surface area (Å²) in [5.74, 6) is -1.26. The summed E-state index contributed by atoms with van der Waals surface area (Å²) in [7, 11) is 0. The maximum absolute atomic E-state index is 13.6. The molecule has 0 saturated carbocycles. The van der Waals surface area contributed by atoms with Crippen molar-refractivity contribution in [1.29, 1.82) is 0 Å². The Labute approximate surface area is 150 Å². The maximum Gasteiger partial charge on any atom is 0.354 e. The first-order valence-electron chi connectivity index (χ1n) is 8.36. The maximum atomic E-state index is 13.6. The number of nitrogens with one attached hydrogen (secondary N) is 1. The molecule has 2 rings (SSSR count). The van der Waals surface area contributed by atoms with Crippen molar-refractivity contribution in [3.05, 3.63) is 46.4 Å². The Balaban J connectivity index is 2.41. The number of aliphatic imine (C=N–C) groups is 1. The molecule has 0 aliphatic carbocycles. The van der Waals surface area contributed by atoms with Crippen LogP contribution in [0.1, 0.15) is 43.9 Å². The number of benzene rings is 1. The number of hydrogen-bond acceptors (Lipinski definition) is 5. The van der Waals surface area contributed by atoms with Crippen LogP contribution in [0.4, 0.5) is 13.2 Å². The van der Waals surface area contributed by atoms with E-state index in [1.807, 2.05) is 0 Å². The molecule has 8 heteroatoms. The molecular formula is C18H22F3N3O2. The molecule has 1 aromatic carbocycles. The molecular weight excluding hydrogens is 347 g/mol. The Hall–Kier alpha value is -2.35. The Morgan fingerprint density at radius 2 is 2.12 bits per heavy atom. The largest absolute Gasteiger partial charge is 0.461 e. The van der Waals surface area contributed by atoms with Gasteiger partial charge in [0.1, 0.15) is 11.5 Å². The van der Waals surface area contributed by atoms with Gasteiger partial charge in [-0.25, -0.2) is 18.0 Å². The molecule has 3 N–H and O–H groups in total. The van der Waals surface area contributed by atoms with Crippen LogP contribution >= 0.6 is 0 Å². The van der Waals surface area contributed by atoms with Gasteiger partial charge >= 0.3 is 5.97 Å². The first-order valence-corrected chi connectivity index (χ1v) is 8.36. The quantitative estimate of drug-likeness (QED) is 0.618. The Bertz CT molecular complexity index is 732. The second kappa shape index (κ2) is 8.84. The van der Waals surface area contributed by atoms with Crippen LogP contribution in [-0.2, 0) is 9.53 Å². The van der Waals surface area contributed by atoms with Gasteiger partial charge in [0.25, 0.3) is 6.43 Å². The Kier molecular flexibility index (Phi) is 6.79. The van der Waals surface area contributed by atoms with Gasteiger partial charge in [-0.2, -0.15) is 0 Å². The van der Waals surface area contributed by atoms with E-state index >= 15 is 0 Å². The fraction of sp³-hybridized carbons (Fsp3) is 0.444. The van der Waals surface area contributed by atoms with Crippen LogP contribution in [0.15, 0.2) is 34.5 Å². The van der Waals surface area contributed by atoms with Crippen molar-refractivity contribution < 1.29 is 22.7 Å². The van der Waals surface area contributed by atoms with Crippen molar-refractivity contribution in [3.63, 3.8) is 0 Å². The van der Waals surface area contributed by atoms with Gasteiger partial charge in [0.05, 0.1) is 12.6 Å². The topological polar surface area (TPSA) is 76.7 Å². The number of carbonyl (C=O) groups excluding carboxylic acids is 1. The van der Waals surface area contributed by atoms with Gasteiger partial charge in [0.2, 0.25) is 0 Å². The van der Waals surface area contributed by atoms with Crippen LogP contribution in [-0.4, -0.2) is 31.4 Å². The third-order valence-corrected chi connectivity index (χ3v) is 4.09. The van der Waals surface area contributed by atoms with Crippen LogP contribution in [0.25, 0.3) is 0 Å². The van der Waals surface area contributed by atoms with Crippen molar-refractivity contribution >= 4 is 11.7 Å². The van der Waals surface area contributed by atoms with Crippen molar-refractivity contribution in [3.8, 4) is 0 Å². The second-order valence-corrected chi connectivity index (χ2v) is 5.87. The third kappa shape index (κ3) is 4.63. The second-order valence-electron chi connectivity index (χ2n) is 5.87. The van der Waals surface area contributed by atoms with Gasteiger partial charge < -0.3 is 15.8 Å². The molecule has 0 aromatic heterocycles. The van der Waals surface area contributed by atoms with E-state index in [0.717, 1.165) is 18.2 Å². The van der Waals surface area contributed by atoms with Crippen LogP contribution in [0.3, 0.4) is 0 Å². The summed E-state index contributed by atoms with van der Waals surface area (Å²) < 4.78 is 44.9. The number of rotatable bonds is 5. The van der Waals surface area contributed by atoms with E-state index in [0.29, 0.717) is 30.8 Å². The number of nitrogens with zero attached hydrogens (tertiary/aromatic N) is 1. The minimum absolute atomic E-state index is 0.0571. The average molecular weight is 369 g/mol. The number of esters is 1. The Morgan fingerprint density at radius 1 is 1.38 bits per heavy atom. The molecule has 1 aliphatic rings. The number of carbonyl (C=O) groups is 1. The number of hydrogen-bond donors (Lipinski definition) is 2. The lowest BCUT2D eigenvalue weighted by atomic mass is 9.98. The van der Waals surface area contributed by atoms with Gasteiger partial charge in [-0.05, 0) is 31.5 Å². The predicted molar refractivity (Wildman–Crippen MR) is 92.5 cm³/mol. The van der Waals surface area contributed by atoms with Crippen molar-refractivity contribution in [2.75, 3.05) is 19.7 Å². The lowest BCUT2D eigenvalue weighted by Crippen LogP contribution is -2.35. The highest BCUT2D eigenvalue weighted by molar-refractivity contribution is 6.07. The monoisotopic (exact) mass is 369 g/mol. The average Bonchev–Trinajstić information content (AvgIpc) is 2.61. The van der Waals surface area contributed by atoms with Crippen LogP contribution < -0.4 is 11.1 Å². The van der Waals surface area contributed by atoms with Crippen LogP contribution in [0.2, 0.25) is 0 Å². The van der Waals surface area contributed by atoms with Crippen LogP contribution in [0, 0.1) is 5.82 Å². The molecule has 5 nitrogen and oxygen atoms in total.